The Morgan fingerprint density at radius 2 is 1.90 bits per heavy atom. The van der Waals surface area contributed by atoms with Crippen molar-refractivity contribution in [1.29, 1.82) is 0 Å². The Balaban J connectivity index is 1.44. The molecule has 0 fully saturated rings. The van der Waals surface area contributed by atoms with Gasteiger partial charge in [0.15, 0.2) is 0 Å². The topological polar surface area (TPSA) is 73.2 Å². The molecule has 6 nitrogen and oxygen atoms in total. The summed E-state index contributed by atoms with van der Waals surface area (Å²) in [7, 11) is -3.71. The van der Waals surface area contributed by atoms with Crippen LogP contribution in [0.25, 0.3) is 16.6 Å². The minimum Gasteiger partial charge on any atom is -0.492 e. The Kier molecular flexibility index (Phi) is 5.95. The van der Waals surface area contributed by atoms with Gasteiger partial charge in [0.25, 0.3) is 0 Å². The van der Waals surface area contributed by atoms with Gasteiger partial charge in [0, 0.05) is 10.4 Å². The first-order chi connectivity index (χ1) is 14.8. The van der Waals surface area contributed by atoms with E-state index in [0.29, 0.717) is 10.8 Å². The summed E-state index contributed by atoms with van der Waals surface area (Å²) < 4.78 is 48.2. The van der Waals surface area contributed by atoms with Crippen LogP contribution in [-0.2, 0) is 10.0 Å². The quantitative estimate of drug-likeness (QED) is 0.439. The van der Waals surface area contributed by atoms with Gasteiger partial charge < -0.3 is 4.74 Å². The number of fused-ring (bicyclic) bond motifs is 1. The van der Waals surface area contributed by atoms with E-state index in [9.17, 15) is 12.8 Å². The molecule has 0 radical (unpaired) electrons. The van der Waals surface area contributed by atoms with Gasteiger partial charge in [-0.05, 0) is 67.6 Å². The zero-order valence-corrected chi connectivity index (χ0v) is 18.1. The predicted molar refractivity (Wildman–Crippen MR) is 118 cm³/mol. The Hall–Kier alpha value is -2.94. The van der Waals surface area contributed by atoms with E-state index >= 15 is 0 Å². The van der Waals surface area contributed by atoms with E-state index in [4.69, 9.17) is 16.3 Å². The van der Waals surface area contributed by atoms with Crippen molar-refractivity contribution in [2.45, 2.75) is 17.9 Å². The molecule has 0 spiro atoms. The van der Waals surface area contributed by atoms with Gasteiger partial charge in [0.1, 0.15) is 18.2 Å². The smallest absolute Gasteiger partial charge is 0.240 e. The van der Waals surface area contributed by atoms with Gasteiger partial charge in [0.2, 0.25) is 10.0 Å². The average molecular weight is 460 g/mol. The van der Waals surface area contributed by atoms with Crippen LogP contribution in [0.1, 0.15) is 6.92 Å². The lowest BCUT2D eigenvalue weighted by Crippen LogP contribution is -2.36. The number of aromatic nitrogens is 2. The zero-order chi connectivity index (χ0) is 22.0. The second kappa shape index (κ2) is 8.66. The van der Waals surface area contributed by atoms with Crippen LogP contribution < -0.4 is 9.46 Å². The minimum atomic E-state index is -3.71. The van der Waals surface area contributed by atoms with Gasteiger partial charge in [-0.15, -0.1) is 0 Å². The summed E-state index contributed by atoms with van der Waals surface area (Å²) in [6.07, 6.45) is 1.69. The zero-order valence-electron chi connectivity index (χ0n) is 16.5. The van der Waals surface area contributed by atoms with Crippen molar-refractivity contribution in [3.8, 4) is 11.4 Å². The van der Waals surface area contributed by atoms with Crippen LogP contribution in [-0.4, -0.2) is 30.8 Å². The van der Waals surface area contributed by atoms with Crippen molar-refractivity contribution in [2.75, 3.05) is 6.61 Å². The van der Waals surface area contributed by atoms with Crippen molar-refractivity contribution in [2.24, 2.45) is 0 Å². The molecule has 1 N–H and O–H groups in total. The molecule has 0 saturated heterocycles. The number of halogens is 2. The maximum absolute atomic E-state index is 13.2. The van der Waals surface area contributed by atoms with Gasteiger partial charge in [-0.2, -0.15) is 5.10 Å². The summed E-state index contributed by atoms with van der Waals surface area (Å²) in [6, 6.07) is 17.1. The number of rotatable bonds is 7. The fourth-order valence-electron chi connectivity index (χ4n) is 3.11. The van der Waals surface area contributed by atoms with Crippen molar-refractivity contribution < 1.29 is 17.5 Å². The Bertz CT molecular complexity index is 1320. The third-order valence-electron chi connectivity index (χ3n) is 4.57. The van der Waals surface area contributed by atoms with Crippen LogP contribution in [0, 0.1) is 5.82 Å². The minimum absolute atomic E-state index is 0.0986. The molecule has 0 amide bonds. The van der Waals surface area contributed by atoms with Crippen LogP contribution in [0.3, 0.4) is 0 Å². The molecule has 9 heteroatoms. The van der Waals surface area contributed by atoms with Gasteiger partial charge in [-0.3, -0.25) is 0 Å². The number of nitrogens with zero attached hydrogens (tertiary/aromatic N) is 2. The first-order valence-corrected chi connectivity index (χ1v) is 11.3. The molecular weight excluding hydrogens is 441 g/mol. The number of ether oxygens (including phenoxy) is 1. The highest BCUT2D eigenvalue weighted by Gasteiger charge is 2.18. The number of nitrogens with one attached hydrogen (secondary N) is 1. The molecule has 4 aromatic rings. The number of sulfonamides is 1. The Morgan fingerprint density at radius 3 is 2.65 bits per heavy atom. The van der Waals surface area contributed by atoms with E-state index in [0.717, 1.165) is 16.6 Å². The standard InChI is InChI=1S/C22H19ClFN3O3S/c1-15(26-31(28,29)21-4-2-3-17(23)12-21)14-30-20-9-10-22-16(11-20)13-25-27(22)19-7-5-18(24)6-8-19/h2-13,15,26H,14H2,1H3/t15-/m0/s1. The highest BCUT2D eigenvalue weighted by molar-refractivity contribution is 7.89. The van der Waals surface area contributed by atoms with E-state index in [1.807, 2.05) is 12.1 Å². The summed E-state index contributed by atoms with van der Waals surface area (Å²) in [5.74, 6) is 0.274. The molecule has 1 atom stereocenters. The second-order valence-electron chi connectivity index (χ2n) is 7.04. The molecule has 0 unspecified atom stereocenters. The first-order valence-electron chi connectivity index (χ1n) is 9.46. The lowest BCUT2D eigenvalue weighted by Gasteiger charge is -2.15. The van der Waals surface area contributed by atoms with Gasteiger partial charge in [-0.25, -0.2) is 22.2 Å². The van der Waals surface area contributed by atoms with E-state index in [1.54, 1.807) is 48.1 Å². The molecule has 160 valence electrons. The lowest BCUT2D eigenvalue weighted by atomic mass is 10.2. The lowest BCUT2D eigenvalue weighted by molar-refractivity contribution is 0.288. The molecule has 0 bridgehead atoms. The summed E-state index contributed by atoms with van der Waals surface area (Å²) >= 11 is 5.88. The molecular formula is C22H19ClFN3O3S. The molecule has 0 aliphatic rings. The van der Waals surface area contributed by atoms with E-state index in [1.165, 1.54) is 24.3 Å². The van der Waals surface area contributed by atoms with Crippen LogP contribution in [0.15, 0.2) is 77.8 Å². The monoisotopic (exact) mass is 459 g/mol. The third kappa shape index (κ3) is 4.87. The van der Waals surface area contributed by atoms with Crippen molar-refractivity contribution in [3.63, 3.8) is 0 Å². The maximum atomic E-state index is 13.2. The number of hydrogen-bond donors (Lipinski definition) is 1. The summed E-state index contributed by atoms with van der Waals surface area (Å²) in [6.45, 7) is 1.85. The molecule has 31 heavy (non-hydrogen) atoms. The fraction of sp³-hybridized carbons (Fsp3) is 0.136. The summed E-state index contributed by atoms with van der Waals surface area (Å²) in [5, 5.41) is 5.55. The normalized spacial score (nSPS) is 12.7. The van der Waals surface area contributed by atoms with Crippen LogP contribution in [0.5, 0.6) is 5.75 Å². The fourth-order valence-corrected chi connectivity index (χ4v) is 4.64. The van der Waals surface area contributed by atoms with Gasteiger partial charge >= 0.3 is 0 Å². The molecule has 1 aromatic heterocycles. The van der Waals surface area contributed by atoms with E-state index in [-0.39, 0.29) is 17.3 Å². The highest BCUT2D eigenvalue weighted by Crippen LogP contribution is 2.23. The Labute approximate surface area is 184 Å². The average Bonchev–Trinajstić information content (AvgIpc) is 3.16. The van der Waals surface area contributed by atoms with Crippen molar-refractivity contribution in [3.05, 3.63) is 83.8 Å². The largest absolute Gasteiger partial charge is 0.492 e. The van der Waals surface area contributed by atoms with Crippen LogP contribution in [0.4, 0.5) is 4.39 Å². The second-order valence-corrected chi connectivity index (χ2v) is 9.19. The van der Waals surface area contributed by atoms with Crippen LogP contribution in [0.2, 0.25) is 5.02 Å². The van der Waals surface area contributed by atoms with E-state index in [2.05, 4.69) is 9.82 Å². The highest BCUT2D eigenvalue weighted by atomic mass is 35.5. The van der Waals surface area contributed by atoms with Gasteiger partial charge in [-0.1, -0.05) is 17.7 Å². The predicted octanol–water partition coefficient (Wildman–Crippen LogP) is 4.56. The van der Waals surface area contributed by atoms with E-state index < -0.39 is 16.1 Å². The maximum Gasteiger partial charge on any atom is 0.240 e. The van der Waals surface area contributed by atoms with Crippen molar-refractivity contribution in [1.82, 2.24) is 14.5 Å². The molecule has 1 heterocycles. The molecule has 4 rings (SSSR count). The van der Waals surface area contributed by atoms with Gasteiger partial charge in [0.05, 0.1) is 28.3 Å². The Morgan fingerprint density at radius 1 is 1.13 bits per heavy atom. The van der Waals surface area contributed by atoms with Crippen LogP contribution >= 0.6 is 11.6 Å². The summed E-state index contributed by atoms with van der Waals surface area (Å²) in [4.78, 5) is 0.0986. The molecule has 0 aliphatic heterocycles. The molecule has 3 aromatic carbocycles. The SMILES string of the molecule is C[C@@H](COc1ccc2c(cnn2-c2ccc(F)cc2)c1)NS(=O)(=O)c1cccc(Cl)c1. The number of benzene rings is 3. The first kappa shape index (κ1) is 21.3. The number of hydrogen-bond acceptors (Lipinski definition) is 4. The summed E-state index contributed by atoms with van der Waals surface area (Å²) in [5.41, 5.74) is 1.59. The molecule has 0 saturated carbocycles. The third-order valence-corrected chi connectivity index (χ3v) is 6.40. The van der Waals surface area contributed by atoms with Crippen molar-refractivity contribution >= 4 is 32.5 Å². The molecule has 0 aliphatic carbocycles.